The summed E-state index contributed by atoms with van der Waals surface area (Å²) < 4.78 is 0. The van der Waals surface area contributed by atoms with Crippen molar-refractivity contribution in [3.05, 3.63) is 71.7 Å². The molecular formula is C18H13N5O3. The van der Waals surface area contributed by atoms with Gasteiger partial charge in [-0.05, 0) is 30.3 Å². The predicted octanol–water partition coefficient (Wildman–Crippen LogP) is 1.86. The van der Waals surface area contributed by atoms with Crippen LogP contribution in [-0.4, -0.2) is 31.3 Å². The van der Waals surface area contributed by atoms with Crippen molar-refractivity contribution in [2.45, 2.75) is 0 Å². The van der Waals surface area contributed by atoms with Crippen molar-refractivity contribution in [2.24, 2.45) is 0 Å². The van der Waals surface area contributed by atoms with E-state index < -0.39 is 5.91 Å². The predicted molar refractivity (Wildman–Crippen MR) is 92.3 cm³/mol. The van der Waals surface area contributed by atoms with Crippen molar-refractivity contribution < 1.29 is 15.2 Å². The van der Waals surface area contributed by atoms with Gasteiger partial charge >= 0.3 is 0 Å². The third-order valence-electron chi connectivity index (χ3n) is 3.35. The molecule has 128 valence electrons. The molecule has 1 aromatic carbocycles. The fraction of sp³-hybridized carbons (Fsp3) is 0. The van der Waals surface area contributed by atoms with Crippen molar-refractivity contribution >= 4 is 11.9 Å². The highest BCUT2D eigenvalue weighted by atomic mass is 16.5. The van der Waals surface area contributed by atoms with Gasteiger partial charge in [0.15, 0.2) is 0 Å². The topological polar surface area (TPSA) is 120 Å². The Hall–Kier alpha value is -3.80. The number of rotatable bonds is 3. The van der Waals surface area contributed by atoms with Gasteiger partial charge in [0.05, 0.1) is 5.69 Å². The Kier molecular flexibility index (Phi) is 5.14. The zero-order valence-electron chi connectivity index (χ0n) is 13.3. The smallest absolute Gasteiger partial charge is 0.288 e. The molecule has 2 aromatic heterocycles. The summed E-state index contributed by atoms with van der Waals surface area (Å²) >= 11 is 0. The van der Waals surface area contributed by atoms with Crippen LogP contribution >= 0.6 is 0 Å². The van der Waals surface area contributed by atoms with Crippen LogP contribution in [0.1, 0.15) is 21.6 Å². The van der Waals surface area contributed by atoms with E-state index in [0.29, 0.717) is 11.3 Å². The molecule has 0 bridgehead atoms. The lowest BCUT2D eigenvalue weighted by atomic mass is 10.1. The standard InChI is InChI=1S/C18H13N5O3/c24-17(22-25)16-10-15(20-18(21-16)23-26)14-7-5-12(6-8-14)3-4-13-2-1-9-19-11-13/h1-2,5-11,25-26H,(H,22,24)(H,20,21,23). The van der Waals surface area contributed by atoms with E-state index in [2.05, 4.69) is 26.8 Å². The second-order valence-electron chi connectivity index (χ2n) is 5.08. The van der Waals surface area contributed by atoms with E-state index in [1.165, 1.54) is 11.5 Å². The van der Waals surface area contributed by atoms with Crippen LogP contribution in [0.15, 0.2) is 54.9 Å². The van der Waals surface area contributed by atoms with Gasteiger partial charge in [-0.3, -0.25) is 20.2 Å². The molecule has 3 rings (SSSR count). The summed E-state index contributed by atoms with van der Waals surface area (Å²) in [6.07, 6.45) is 3.36. The lowest BCUT2D eigenvalue weighted by Gasteiger charge is -2.06. The summed E-state index contributed by atoms with van der Waals surface area (Å²) in [5.41, 5.74) is 5.86. The lowest BCUT2D eigenvalue weighted by molar-refractivity contribution is 0.0700. The number of benzene rings is 1. The first-order valence-electron chi connectivity index (χ1n) is 7.45. The molecule has 3 aromatic rings. The Balaban J connectivity index is 1.89. The highest BCUT2D eigenvalue weighted by molar-refractivity contribution is 5.92. The Bertz CT molecular complexity index is 979. The summed E-state index contributed by atoms with van der Waals surface area (Å²) in [7, 11) is 0. The number of carbonyl (C=O) groups is 1. The van der Waals surface area contributed by atoms with Crippen LogP contribution in [0.3, 0.4) is 0 Å². The van der Waals surface area contributed by atoms with Gasteiger partial charge in [0, 0.05) is 29.1 Å². The van der Waals surface area contributed by atoms with Crippen molar-refractivity contribution in [1.29, 1.82) is 0 Å². The molecule has 0 unspecified atom stereocenters. The summed E-state index contributed by atoms with van der Waals surface area (Å²) in [4.78, 5) is 23.4. The molecule has 0 aliphatic carbocycles. The third kappa shape index (κ3) is 3.99. The third-order valence-corrected chi connectivity index (χ3v) is 3.35. The van der Waals surface area contributed by atoms with Crippen LogP contribution in [0.4, 0.5) is 5.95 Å². The molecule has 0 saturated heterocycles. The number of aromatic nitrogens is 3. The van der Waals surface area contributed by atoms with Gasteiger partial charge < -0.3 is 0 Å². The highest BCUT2D eigenvalue weighted by Crippen LogP contribution is 2.20. The second-order valence-corrected chi connectivity index (χ2v) is 5.08. The molecular weight excluding hydrogens is 334 g/mol. The highest BCUT2D eigenvalue weighted by Gasteiger charge is 2.12. The van der Waals surface area contributed by atoms with Gasteiger partial charge in [0.1, 0.15) is 5.69 Å². The number of hydrogen-bond donors (Lipinski definition) is 4. The Labute approximate surface area is 148 Å². The first kappa shape index (κ1) is 17.0. The van der Waals surface area contributed by atoms with E-state index >= 15 is 0 Å². The largest absolute Gasteiger partial charge is 0.293 e. The van der Waals surface area contributed by atoms with Gasteiger partial charge in [0.2, 0.25) is 5.95 Å². The minimum absolute atomic E-state index is 0.102. The zero-order valence-corrected chi connectivity index (χ0v) is 13.3. The van der Waals surface area contributed by atoms with Crippen molar-refractivity contribution in [1.82, 2.24) is 20.4 Å². The van der Waals surface area contributed by atoms with Crippen molar-refractivity contribution in [3.8, 4) is 23.1 Å². The molecule has 0 aliphatic rings. The average molecular weight is 347 g/mol. The average Bonchev–Trinajstić information content (AvgIpc) is 2.72. The zero-order chi connectivity index (χ0) is 18.4. The Morgan fingerprint density at radius 2 is 1.77 bits per heavy atom. The molecule has 0 atom stereocenters. The van der Waals surface area contributed by atoms with Crippen LogP contribution in [0.5, 0.6) is 0 Å². The molecule has 0 spiro atoms. The lowest BCUT2D eigenvalue weighted by Crippen LogP contribution is -2.20. The van der Waals surface area contributed by atoms with Gasteiger partial charge in [0.25, 0.3) is 5.91 Å². The Morgan fingerprint density at radius 3 is 2.42 bits per heavy atom. The van der Waals surface area contributed by atoms with Crippen molar-refractivity contribution in [2.75, 3.05) is 5.48 Å². The molecule has 8 nitrogen and oxygen atoms in total. The first-order valence-corrected chi connectivity index (χ1v) is 7.45. The van der Waals surface area contributed by atoms with E-state index in [4.69, 9.17) is 10.4 Å². The monoisotopic (exact) mass is 347 g/mol. The van der Waals surface area contributed by atoms with E-state index in [1.54, 1.807) is 42.1 Å². The molecule has 4 N–H and O–H groups in total. The number of pyridine rings is 1. The number of anilines is 1. The quantitative estimate of drug-likeness (QED) is 0.324. The number of carbonyl (C=O) groups excluding carboxylic acids is 1. The van der Waals surface area contributed by atoms with Crippen LogP contribution in [0, 0.1) is 11.8 Å². The fourth-order valence-corrected chi connectivity index (χ4v) is 2.12. The van der Waals surface area contributed by atoms with E-state index in [9.17, 15) is 4.79 Å². The summed E-state index contributed by atoms with van der Waals surface area (Å²) in [6, 6.07) is 12.2. The first-order chi connectivity index (χ1) is 12.7. The molecule has 2 heterocycles. The Morgan fingerprint density at radius 1 is 1.00 bits per heavy atom. The molecule has 0 aliphatic heterocycles. The minimum atomic E-state index is -0.816. The molecule has 1 amide bonds. The van der Waals surface area contributed by atoms with Crippen LogP contribution in [0.2, 0.25) is 0 Å². The number of amides is 1. The SMILES string of the molecule is O=C(NO)c1cc(-c2ccc(C#Cc3cccnc3)cc2)nc(NO)n1. The number of hydroxylamine groups is 1. The molecule has 0 radical (unpaired) electrons. The van der Waals surface area contributed by atoms with Gasteiger partial charge in [-0.2, -0.15) is 0 Å². The maximum absolute atomic E-state index is 11.6. The summed E-state index contributed by atoms with van der Waals surface area (Å²) in [5.74, 6) is 5.06. The maximum Gasteiger partial charge on any atom is 0.293 e. The molecule has 0 fully saturated rings. The second kappa shape index (κ2) is 7.85. The molecule has 26 heavy (non-hydrogen) atoms. The minimum Gasteiger partial charge on any atom is -0.288 e. The molecule has 8 heteroatoms. The normalized spacial score (nSPS) is 9.77. The summed E-state index contributed by atoms with van der Waals surface area (Å²) in [5, 5.41) is 17.8. The van der Waals surface area contributed by atoms with E-state index in [0.717, 1.165) is 11.1 Å². The van der Waals surface area contributed by atoms with Crippen LogP contribution in [-0.2, 0) is 0 Å². The van der Waals surface area contributed by atoms with E-state index in [-0.39, 0.29) is 11.6 Å². The fourth-order valence-electron chi connectivity index (χ4n) is 2.12. The summed E-state index contributed by atoms with van der Waals surface area (Å²) in [6.45, 7) is 0. The van der Waals surface area contributed by atoms with Gasteiger partial charge in [-0.25, -0.2) is 20.9 Å². The van der Waals surface area contributed by atoms with Crippen molar-refractivity contribution in [3.63, 3.8) is 0 Å². The number of nitrogens with one attached hydrogen (secondary N) is 2. The van der Waals surface area contributed by atoms with Crippen LogP contribution < -0.4 is 11.0 Å². The van der Waals surface area contributed by atoms with Gasteiger partial charge in [-0.1, -0.05) is 24.0 Å². The van der Waals surface area contributed by atoms with E-state index in [1.807, 2.05) is 12.1 Å². The number of nitrogens with zero attached hydrogens (tertiary/aromatic N) is 3. The van der Waals surface area contributed by atoms with Crippen LogP contribution in [0.25, 0.3) is 11.3 Å². The molecule has 0 saturated carbocycles. The number of hydrogen-bond acceptors (Lipinski definition) is 7. The maximum atomic E-state index is 11.6. The van der Waals surface area contributed by atoms with Gasteiger partial charge in [-0.15, -0.1) is 0 Å².